The SMILES string of the molecule is CNCCCNC(=O)c1cccc(CN2CCS(=O)(=O)CC2)c1. The van der Waals surface area contributed by atoms with Crippen molar-refractivity contribution in [2.45, 2.75) is 13.0 Å². The highest BCUT2D eigenvalue weighted by molar-refractivity contribution is 7.91. The highest BCUT2D eigenvalue weighted by atomic mass is 32.2. The van der Waals surface area contributed by atoms with Crippen LogP contribution in [0.5, 0.6) is 0 Å². The van der Waals surface area contributed by atoms with Crippen molar-refractivity contribution in [3.63, 3.8) is 0 Å². The van der Waals surface area contributed by atoms with E-state index in [1.807, 2.05) is 25.2 Å². The van der Waals surface area contributed by atoms with Gasteiger partial charge in [0.25, 0.3) is 5.91 Å². The third-order valence-corrected chi connectivity index (χ3v) is 5.53. The molecule has 1 aromatic carbocycles. The minimum absolute atomic E-state index is 0.0656. The van der Waals surface area contributed by atoms with E-state index in [4.69, 9.17) is 0 Å². The summed E-state index contributed by atoms with van der Waals surface area (Å²) in [6.07, 6.45) is 0.893. The van der Waals surface area contributed by atoms with Crippen molar-refractivity contribution in [3.8, 4) is 0 Å². The lowest BCUT2D eigenvalue weighted by molar-refractivity contribution is 0.0953. The molecule has 0 spiro atoms. The van der Waals surface area contributed by atoms with Crippen LogP contribution in [0.2, 0.25) is 0 Å². The highest BCUT2D eigenvalue weighted by Crippen LogP contribution is 2.11. The third-order valence-electron chi connectivity index (χ3n) is 3.92. The van der Waals surface area contributed by atoms with Gasteiger partial charge < -0.3 is 10.6 Å². The van der Waals surface area contributed by atoms with Crippen LogP contribution in [0.25, 0.3) is 0 Å². The molecule has 0 aromatic heterocycles. The van der Waals surface area contributed by atoms with E-state index in [0.29, 0.717) is 31.7 Å². The summed E-state index contributed by atoms with van der Waals surface area (Å²) in [5, 5.41) is 5.95. The molecule has 0 unspecified atom stereocenters. The van der Waals surface area contributed by atoms with E-state index in [9.17, 15) is 13.2 Å². The Morgan fingerprint density at radius 1 is 1.22 bits per heavy atom. The van der Waals surface area contributed by atoms with E-state index in [2.05, 4.69) is 15.5 Å². The predicted octanol–water partition coefficient (Wildman–Crippen LogP) is 0.256. The molecule has 1 heterocycles. The molecule has 1 fully saturated rings. The molecule has 2 N–H and O–H groups in total. The molecule has 23 heavy (non-hydrogen) atoms. The second kappa shape index (κ2) is 8.42. The summed E-state index contributed by atoms with van der Waals surface area (Å²) in [4.78, 5) is 14.2. The zero-order chi connectivity index (χ0) is 16.7. The lowest BCUT2D eigenvalue weighted by Gasteiger charge is -2.26. The average Bonchev–Trinajstić information content (AvgIpc) is 2.54. The molecule has 128 valence electrons. The average molecular weight is 339 g/mol. The standard InChI is InChI=1S/C16H25N3O3S/c1-17-6-3-7-18-16(20)15-5-2-4-14(12-15)13-19-8-10-23(21,22)11-9-19/h2,4-5,12,17H,3,6-11,13H2,1H3,(H,18,20). The second-order valence-electron chi connectivity index (χ2n) is 5.84. The van der Waals surface area contributed by atoms with E-state index >= 15 is 0 Å². The molecule has 0 atom stereocenters. The van der Waals surface area contributed by atoms with Crippen LogP contribution in [-0.4, -0.2) is 64.0 Å². The van der Waals surface area contributed by atoms with Crippen molar-refractivity contribution < 1.29 is 13.2 Å². The van der Waals surface area contributed by atoms with Gasteiger partial charge in [0.1, 0.15) is 0 Å². The predicted molar refractivity (Wildman–Crippen MR) is 91.2 cm³/mol. The van der Waals surface area contributed by atoms with Crippen LogP contribution in [0.15, 0.2) is 24.3 Å². The number of nitrogens with zero attached hydrogens (tertiary/aromatic N) is 1. The molecule has 0 aliphatic carbocycles. The zero-order valence-corrected chi connectivity index (χ0v) is 14.4. The lowest BCUT2D eigenvalue weighted by Crippen LogP contribution is -2.39. The molecular weight excluding hydrogens is 314 g/mol. The smallest absolute Gasteiger partial charge is 0.251 e. The highest BCUT2D eigenvalue weighted by Gasteiger charge is 2.21. The Labute approximate surface area is 138 Å². The van der Waals surface area contributed by atoms with Crippen LogP contribution in [0.4, 0.5) is 0 Å². The molecule has 1 amide bonds. The summed E-state index contributed by atoms with van der Waals surface area (Å²) in [6.45, 7) is 3.31. The summed E-state index contributed by atoms with van der Waals surface area (Å²) < 4.78 is 22.9. The maximum Gasteiger partial charge on any atom is 0.251 e. The van der Waals surface area contributed by atoms with E-state index in [0.717, 1.165) is 18.5 Å². The van der Waals surface area contributed by atoms with E-state index in [1.54, 1.807) is 6.07 Å². The first-order valence-electron chi connectivity index (χ1n) is 7.95. The number of sulfone groups is 1. The van der Waals surface area contributed by atoms with Crippen molar-refractivity contribution >= 4 is 15.7 Å². The molecule has 1 saturated heterocycles. The van der Waals surface area contributed by atoms with Gasteiger partial charge in [0.05, 0.1) is 11.5 Å². The van der Waals surface area contributed by atoms with Gasteiger partial charge in [-0.05, 0) is 37.7 Å². The van der Waals surface area contributed by atoms with Crippen molar-refractivity contribution in [1.29, 1.82) is 0 Å². The summed E-state index contributed by atoms with van der Waals surface area (Å²) in [6, 6.07) is 7.54. The second-order valence-corrected chi connectivity index (χ2v) is 8.14. The van der Waals surface area contributed by atoms with Gasteiger partial charge in [-0.2, -0.15) is 0 Å². The first-order chi connectivity index (χ1) is 11.0. The number of carbonyl (C=O) groups excluding carboxylic acids is 1. The Hall–Kier alpha value is -1.44. The molecule has 6 nitrogen and oxygen atoms in total. The molecule has 1 aliphatic heterocycles. The van der Waals surface area contributed by atoms with Crippen LogP contribution in [-0.2, 0) is 16.4 Å². The molecule has 0 saturated carbocycles. The molecule has 7 heteroatoms. The van der Waals surface area contributed by atoms with Crippen LogP contribution in [0.3, 0.4) is 0 Å². The van der Waals surface area contributed by atoms with Crippen LogP contribution < -0.4 is 10.6 Å². The zero-order valence-electron chi connectivity index (χ0n) is 13.5. The topological polar surface area (TPSA) is 78.5 Å². The number of carbonyl (C=O) groups is 1. The van der Waals surface area contributed by atoms with Gasteiger partial charge in [0.15, 0.2) is 9.84 Å². The number of hydrogen-bond acceptors (Lipinski definition) is 5. The van der Waals surface area contributed by atoms with E-state index in [-0.39, 0.29) is 17.4 Å². The van der Waals surface area contributed by atoms with Gasteiger partial charge in [0, 0.05) is 31.7 Å². The molecule has 2 rings (SSSR count). The van der Waals surface area contributed by atoms with Gasteiger partial charge in [-0.15, -0.1) is 0 Å². The summed E-state index contributed by atoms with van der Waals surface area (Å²) in [5.41, 5.74) is 1.68. The van der Waals surface area contributed by atoms with Crippen molar-refractivity contribution in [3.05, 3.63) is 35.4 Å². The first kappa shape index (κ1) is 17.9. The van der Waals surface area contributed by atoms with Crippen molar-refractivity contribution in [2.24, 2.45) is 0 Å². The summed E-state index contributed by atoms with van der Waals surface area (Å²) >= 11 is 0. The molecular formula is C16H25N3O3S. The fourth-order valence-corrected chi connectivity index (χ4v) is 3.82. The lowest BCUT2D eigenvalue weighted by atomic mass is 10.1. The third kappa shape index (κ3) is 5.93. The minimum atomic E-state index is -2.86. The molecule has 0 radical (unpaired) electrons. The van der Waals surface area contributed by atoms with Crippen LogP contribution >= 0.6 is 0 Å². The molecule has 1 aliphatic rings. The Balaban J connectivity index is 1.88. The van der Waals surface area contributed by atoms with Gasteiger partial charge >= 0.3 is 0 Å². The Morgan fingerprint density at radius 2 is 1.96 bits per heavy atom. The minimum Gasteiger partial charge on any atom is -0.352 e. The fourth-order valence-electron chi connectivity index (χ4n) is 2.55. The summed E-state index contributed by atoms with van der Waals surface area (Å²) in [7, 11) is -0.970. The maximum atomic E-state index is 12.1. The summed E-state index contributed by atoms with van der Waals surface area (Å²) in [5.74, 6) is 0.376. The normalized spacial score (nSPS) is 17.8. The van der Waals surface area contributed by atoms with E-state index < -0.39 is 9.84 Å². The number of rotatable bonds is 7. The number of amides is 1. The number of hydrogen-bond donors (Lipinski definition) is 2. The van der Waals surface area contributed by atoms with E-state index in [1.165, 1.54) is 0 Å². The Bertz CT molecular complexity index is 617. The first-order valence-corrected chi connectivity index (χ1v) is 9.77. The quantitative estimate of drug-likeness (QED) is 0.697. The Kier molecular flexibility index (Phi) is 6.56. The molecule has 1 aromatic rings. The maximum absolute atomic E-state index is 12.1. The van der Waals surface area contributed by atoms with Gasteiger partial charge in [0.2, 0.25) is 0 Å². The number of benzene rings is 1. The fraction of sp³-hybridized carbons (Fsp3) is 0.562. The van der Waals surface area contributed by atoms with Crippen molar-refractivity contribution in [2.75, 3.05) is 44.7 Å². The van der Waals surface area contributed by atoms with Crippen LogP contribution in [0.1, 0.15) is 22.3 Å². The Morgan fingerprint density at radius 3 is 2.65 bits per heavy atom. The monoisotopic (exact) mass is 339 g/mol. The van der Waals surface area contributed by atoms with Gasteiger partial charge in [-0.1, -0.05) is 12.1 Å². The number of nitrogens with one attached hydrogen (secondary N) is 2. The van der Waals surface area contributed by atoms with Crippen molar-refractivity contribution in [1.82, 2.24) is 15.5 Å². The molecule has 0 bridgehead atoms. The largest absolute Gasteiger partial charge is 0.352 e. The van der Waals surface area contributed by atoms with Crippen LogP contribution in [0, 0.1) is 0 Å². The van der Waals surface area contributed by atoms with Gasteiger partial charge in [-0.3, -0.25) is 9.69 Å². The van der Waals surface area contributed by atoms with Gasteiger partial charge in [-0.25, -0.2) is 8.42 Å².